The highest BCUT2D eigenvalue weighted by atomic mass is 16.6. The van der Waals surface area contributed by atoms with Crippen molar-refractivity contribution in [2.24, 2.45) is 0 Å². The second-order valence-electron chi connectivity index (χ2n) is 1.56. The molecule has 0 bridgehead atoms. The molecule has 0 saturated heterocycles. The van der Waals surface area contributed by atoms with Crippen LogP contribution < -0.4 is 10.1 Å². The van der Waals surface area contributed by atoms with Crippen LogP contribution in [0.3, 0.4) is 0 Å². The molecule has 56 valence electrons. The highest BCUT2D eigenvalue weighted by Crippen LogP contribution is 2.10. The molecule has 0 atom stereocenters. The molecular formula is C5H9N3O2. The zero-order valence-electron chi connectivity index (χ0n) is 5.92. The van der Waals surface area contributed by atoms with Crippen molar-refractivity contribution in [1.29, 1.82) is 0 Å². The molecule has 5 nitrogen and oxygen atoms in total. The first-order valence-corrected chi connectivity index (χ1v) is 3.01. The maximum absolute atomic E-state index is 4.92. The van der Waals surface area contributed by atoms with Gasteiger partial charge in [-0.15, -0.1) is 0 Å². The predicted molar refractivity (Wildman–Crippen MR) is 35.0 cm³/mol. The monoisotopic (exact) mass is 143 g/mol. The van der Waals surface area contributed by atoms with Crippen LogP contribution in [0.1, 0.15) is 6.92 Å². The predicted octanol–water partition coefficient (Wildman–Crippen LogP) is 0.510. The first kappa shape index (κ1) is 6.85. The number of anilines is 1. The van der Waals surface area contributed by atoms with E-state index in [1.54, 1.807) is 7.05 Å². The third kappa shape index (κ3) is 1.37. The second-order valence-corrected chi connectivity index (χ2v) is 1.56. The Labute approximate surface area is 58.4 Å². The van der Waals surface area contributed by atoms with Crippen molar-refractivity contribution in [2.75, 3.05) is 19.0 Å². The molecule has 0 radical (unpaired) electrons. The topological polar surface area (TPSA) is 60.2 Å². The van der Waals surface area contributed by atoms with E-state index in [9.17, 15) is 0 Å². The minimum Gasteiger partial charge on any atom is -0.449 e. The molecule has 1 rings (SSSR count). The number of rotatable bonds is 3. The zero-order chi connectivity index (χ0) is 7.40. The van der Waals surface area contributed by atoms with Crippen molar-refractivity contribution in [3.8, 4) is 6.08 Å². The Hall–Kier alpha value is -1.26. The molecular weight excluding hydrogens is 134 g/mol. The van der Waals surface area contributed by atoms with Gasteiger partial charge in [0.15, 0.2) is 0 Å². The molecule has 1 N–H and O–H groups in total. The van der Waals surface area contributed by atoms with Crippen molar-refractivity contribution in [3.63, 3.8) is 0 Å². The van der Waals surface area contributed by atoms with Gasteiger partial charge in [0.05, 0.1) is 6.61 Å². The van der Waals surface area contributed by atoms with Crippen LogP contribution in [0.25, 0.3) is 0 Å². The smallest absolute Gasteiger partial charge is 0.415 e. The summed E-state index contributed by atoms with van der Waals surface area (Å²) < 4.78 is 9.83. The summed E-state index contributed by atoms with van der Waals surface area (Å²) in [5.41, 5.74) is 0. The number of ether oxygens (including phenoxy) is 1. The molecule has 0 aliphatic carbocycles. The van der Waals surface area contributed by atoms with Crippen LogP contribution in [0, 0.1) is 0 Å². The summed E-state index contributed by atoms with van der Waals surface area (Å²) >= 11 is 0. The van der Waals surface area contributed by atoms with Gasteiger partial charge in [0.1, 0.15) is 0 Å². The molecule has 1 aromatic heterocycles. The van der Waals surface area contributed by atoms with Crippen molar-refractivity contribution >= 4 is 6.01 Å². The highest BCUT2D eigenvalue weighted by molar-refractivity contribution is 5.15. The van der Waals surface area contributed by atoms with E-state index in [1.807, 2.05) is 6.92 Å². The fraction of sp³-hybridized carbons (Fsp3) is 0.600. The Balaban J connectivity index is 2.59. The van der Waals surface area contributed by atoms with E-state index in [-0.39, 0.29) is 6.08 Å². The molecule has 0 aromatic carbocycles. The zero-order valence-corrected chi connectivity index (χ0v) is 5.92. The van der Waals surface area contributed by atoms with Gasteiger partial charge in [0, 0.05) is 7.05 Å². The minimum absolute atomic E-state index is 0.201. The lowest BCUT2D eigenvalue weighted by atomic mass is 10.9. The standard InChI is InChI=1S/C5H9N3O2/c1-3-9-5-8-7-4(6-2)10-5/h3H2,1-2H3,(H,6,7). The molecule has 0 aliphatic rings. The van der Waals surface area contributed by atoms with E-state index in [0.29, 0.717) is 12.6 Å². The Kier molecular flexibility index (Phi) is 2.09. The molecule has 0 saturated carbocycles. The number of aromatic nitrogens is 2. The molecule has 0 fully saturated rings. The Bertz CT molecular complexity index is 199. The molecule has 10 heavy (non-hydrogen) atoms. The van der Waals surface area contributed by atoms with Gasteiger partial charge in [0.2, 0.25) is 0 Å². The first-order chi connectivity index (χ1) is 4.86. The van der Waals surface area contributed by atoms with Crippen molar-refractivity contribution in [2.45, 2.75) is 6.92 Å². The third-order valence-electron chi connectivity index (χ3n) is 0.888. The number of hydrogen-bond donors (Lipinski definition) is 1. The van der Waals surface area contributed by atoms with E-state index in [2.05, 4.69) is 15.5 Å². The van der Waals surface area contributed by atoms with E-state index in [1.165, 1.54) is 0 Å². The van der Waals surface area contributed by atoms with Crippen LogP contribution in [0.2, 0.25) is 0 Å². The summed E-state index contributed by atoms with van der Waals surface area (Å²) in [6.07, 6.45) is 0.201. The Morgan fingerprint density at radius 3 is 2.90 bits per heavy atom. The van der Waals surface area contributed by atoms with Gasteiger partial charge in [0.25, 0.3) is 0 Å². The normalized spacial score (nSPS) is 9.40. The van der Waals surface area contributed by atoms with Crippen molar-refractivity contribution < 1.29 is 9.15 Å². The van der Waals surface area contributed by atoms with Gasteiger partial charge < -0.3 is 14.5 Å². The quantitative estimate of drug-likeness (QED) is 0.668. The Morgan fingerprint density at radius 1 is 1.60 bits per heavy atom. The number of hydrogen-bond acceptors (Lipinski definition) is 5. The average Bonchev–Trinajstić information content (AvgIpc) is 2.37. The van der Waals surface area contributed by atoms with Gasteiger partial charge >= 0.3 is 12.1 Å². The average molecular weight is 143 g/mol. The Morgan fingerprint density at radius 2 is 2.40 bits per heavy atom. The maximum Gasteiger partial charge on any atom is 0.415 e. The molecule has 0 spiro atoms. The number of nitrogens with one attached hydrogen (secondary N) is 1. The van der Waals surface area contributed by atoms with Crippen LogP contribution in [0.4, 0.5) is 6.01 Å². The van der Waals surface area contributed by atoms with Crippen LogP contribution in [0.15, 0.2) is 4.42 Å². The van der Waals surface area contributed by atoms with Crippen molar-refractivity contribution in [3.05, 3.63) is 0 Å². The van der Waals surface area contributed by atoms with Gasteiger partial charge in [-0.3, -0.25) is 0 Å². The number of nitrogens with zero attached hydrogens (tertiary/aromatic N) is 2. The minimum atomic E-state index is 0.201. The molecule has 0 unspecified atom stereocenters. The van der Waals surface area contributed by atoms with Gasteiger partial charge in [-0.25, -0.2) is 0 Å². The summed E-state index contributed by atoms with van der Waals surface area (Å²) in [5.74, 6) is 0. The van der Waals surface area contributed by atoms with Crippen LogP contribution in [-0.4, -0.2) is 23.9 Å². The lowest BCUT2D eigenvalue weighted by Gasteiger charge is -1.91. The second kappa shape index (κ2) is 3.05. The first-order valence-electron chi connectivity index (χ1n) is 3.01. The molecule has 5 heteroatoms. The van der Waals surface area contributed by atoms with E-state index >= 15 is 0 Å². The van der Waals surface area contributed by atoms with Crippen LogP contribution in [0.5, 0.6) is 6.08 Å². The highest BCUT2D eigenvalue weighted by Gasteiger charge is 2.01. The molecule has 0 amide bonds. The van der Waals surface area contributed by atoms with Gasteiger partial charge in [-0.2, -0.15) is 0 Å². The summed E-state index contributed by atoms with van der Waals surface area (Å²) in [6.45, 7) is 2.38. The molecule has 1 heterocycles. The van der Waals surface area contributed by atoms with Crippen LogP contribution in [-0.2, 0) is 0 Å². The lowest BCUT2D eigenvalue weighted by Crippen LogP contribution is -1.90. The summed E-state index contributed by atoms with van der Waals surface area (Å²) in [5, 5.41) is 9.86. The third-order valence-corrected chi connectivity index (χ3v) is 0.888. The van der Waals surface area contributed by atoms with E-state index < -0.39 is 0 Å². The lowest BCUT2D eigenvalue weighted by molar-refractivity contribution is 0.247. The summed E-state index contributed by atoms with van der Waals surface area (Å²) in [7, 11) is 1.70. The van der Waals surface area contributed by atoms with Crippen molar-refractivity contribution in [1.82, 2.24) is 10.2 Å². The van der Waals surface area contributed by atoms with Gasteiger partial charge in [-0.1, -0.05) is 10.2 Å². The van der Waals surface area contributed by atoms with E-state index in [4.69, 9.17) is 9.15 Å². The fourth-order valence-electron chi connectivity index (χ4n) is 0.493. The largest absolute Gasteiger partial charge is 0.449 e. The molecule has 1 aromatic rings. The van der Waals surface area contributed by atoms with Gasteiger partial charge in [-0.05, 0) is 6.92 Å². The summed E-state index contributed by atoms with van der Waals surface area (Å²) in [4.78, 5) is 0. The fourth-order valence-corrected chi connectivity index (χ4v) is 0.493. The molecule has 0 aliphatic heterocycles. The van der Waals surface area contributed by atoms with Crippen LogP contribution >= 0.6 is 0 Å². The maximum atomic E-state index is 4.92. The SMILES string of the molecule is CCOc1nnc(NC)o1. The summed E-state index contributed by atoms with van der Waals surface area (Å²) in [6, 6.07) is 0.364. The van der Waals surface area contributed by atoms with E-state index in [0.717, 1.165) is 0 Å².